The topological polar surface area (TPSA) is 118 Å². The van der Waals surface area contributed by atoms with Crippen LogP contribution in [-0.2, 0) is 20.0 Å². The average molecular weight is 462 g/mol. The van der Waals surface area contributed by atoms with Crippen LogP contribution in [0.15, 0.2) is 10.8 Å². The van der Waals surface area contributed by atoms with Crippen LogP contribution in [0.2, 0.25) is 0 Å². The maximum atomic E-state index is 12.3. The van der Waals surface area contributed by atoms with Gasteiger partial charge in [0.05, 0.1) is 0 Å². The summed E-state index contributed by atoms with van der Waals surface area (Å²) in [6.07, 6.45) is 0. The second kappa shape index (κ2) is 6.50. The number of hydrogen-bond donors (Lipinski definition) is 2. The number of alkyl halides is 6. The van der Waals surface area contributed by atoms with Gasteiger partial charge in [0, 0.05) is 10.8 Å². The van der Waals surface area contributed by atoms with E-state index >= 15 is 0 Å². The second-order valence-corrected chi connectivity index (χ2v) is 9.24. The van der Waals surface area contributed by atoms with Crippen LogP contribution in [0, 0.1) is 0 Å². The summed E-state index contributed by atoms with van der Waals surface area (Å²) < 4.78 is 120. The molecule has 0 bridgehead atoms. The predicted molar refractivity (Wildman–Crippen MR) is 80.4 cm³/mol. The zero-order valence-corrected chi connectivity index (χ0v) is 14.8. The third-order valence-corrected chi connectivity index (χ3v) is 6.24. The van der Waals surface area contributed by atoms with Crippen LogP contribution in [0.4, 0.5) is 36.6 Å². The Labute approximate surface area is 149 Å². The number of nitrogens with zero attached hydrogens (tertiary/aromatic N) is 2. The van der Waals surface area contributed by atoms with E-state index in [1.165, 1.54) is 9.44 Å². The fourth-order valence-corrected chi connectivity index (χ4v) is 4.14. The lowest BCUT2D eigenvalue weighted by molar-refractivity contribution is -0.0435. The van der Waals surface area contributed by atoms with Gasteiger partial charge in [0.1, 0.15) is 11.4 Å². The van der Waals surface area contributed by atoms with Gasteiger partial charge in [-0.1, -0.05) is 0 Å². The minimum Gasteiger partial charge on any atom is -0.251 e. The molecule has 0 aromatic carbocycles. The molecule has 0 saturated heterocycles. The van der Waals surface area contributed by atoms with Gasteiger partial charge in [0.2, 0.25) is 0 Å². The SMILES string of the molecule is O=S(=O)(Nc1nc(-c2csc(NS(=O)(=O)C(F)(F)F)n2)cs1)C(F)(F)F. The molecule has 2 aromatic heterocycles. The molecule has 0 atom stereocenters. The molecule has 2 N–H and O–H groups in total. The molecule has 18 heteroatoms. The molecule has 2 aromatic rings. The molecule has 2 rings (SSSR count). The van der Waals surface area contributed by atoms with Gasteiger partial charge in [-0.15, -0.1) is 22.7 Å². The summed E-state index contributed by atoms with van der Waals surface area (Å²) in [7, 11) is -11.4. The first kappa shape index (κ1) is 20.6. The van der Waals surface area contributed by atoms with E-state index in [-0.39, 0.29) is 11.4 Å². The Morgan fingerprint density at radius 3 is 1.31 bits per heavy atom. The van der Waals surface area contributed by atoms with E-state index in [4.69, 9.17) is 0 Å². The first-order chi connectivity index (χ1) is 11.6. The lowest BCUT2D eigenvalue weighted by atomic mass is 10.4. The molecule has 0 aliphatic heterocycles. The molecule has 26 heavy (non-hydrogen) atoms. The Bertz CT molecular complexity index is 924. The lowest BCUT2D eigenvalue weighted by Gasteiger charge is -2.07. The Morgan fingerprint density at radius 1 is 0.731 bits per heavy atom. The molecule has 2 heterocycles. The van der Waals surface area contributed by atoms with Gasteiger partial charge in [0.15, 0.2) is 10.3 Å². The maximum absolute atomic E-state index is 12.3. The Kier molecular flexibility index (Phi) is 5.16. The van der Waals surface area contributed by atoms with Gasteiger partial charge in [-0.25, -0.2) is 9.97 Å². The van der Waals surface area contributed by atoms with E-state index < -0.39 is 41.3 Å². The van der Waals surface area contributed by atoms with Crippen molar-refractivity contribution < 1.29 is 43.2 Å². The van der Waals surface area contributed by atoms with Crippen molar-refractivity contribution in [3.05, 3.63) is 10.8 Å². The van der Waals surface area contributed by atoms with Crippen molar-refractivity contribution in [3.63, 3.8) is 0 Å². The largest absolute Gasteiger partial charge is 0.516 e. The van der Waals surface area contributed by atoms with Crippen molar-refractivity contribution in [2.24, 2.45) is 0 Å². The first-order valence-corrected chi connectivity index (χ1v) is 10.4. The fourth-order valence-electron chi connectivity index (χ4n) is 1.22. The second-order valence-electron chi connectivity index (χ2n) is 4.18. The van der Waals surface area contributed by atoms with Crippen LogP contribution in [0.5, 0.6) is 0 Å². The van der Waals surface area contributed by atoms with Crippen molar-refractivity contribution in [1.29, 1.82) is 0 Å². The number of nitrogens with one attached hydrogen (secondary N) is 2. The van der Waals surface area contributed by atoms with E-state index in [1.54, 1.807) is 0 Å². The summed E-state index contributed by atoms with van der Waals surface area (Å²) in [5.74, 6) is 0. The van der Waals surface area contributed by atoms with Gasteiger partial charge in [-0.3, -0.25) is 9.44 Å². The van der Waals surface area contributed by atoms with Crippen LogP contribution in [0.25, 0.3) is 11.4 Å². The highest BCUT2D eigenvalue weighted by atomic mass is 32.2. The number of thiazole rings is 2. The minimum atomic E-state index is -5.69. The van der Waals surface area contributed by atoms with E-state index in [0.717, 1.165) is 10.8 Å². The van der Waals surface area contributed by atoms with Crippen molar-refractivity contribution in [3.8, 4) is 11.4 Å². The van der Waals surface area contributed by atoms with Crippen LogP contribution >= 0.6 is 22.7 Å². The summed E-state index contributed by atoms with van der Waals surface area (Å²) >= 11 is 0.917. The Balaban J connectivity index is 2.20. The van der Waals surface area contributed by atoms with Gasteiger partial charge in [0.25, 0.3) is 0 Å². The molecular weight excluding hydrogens is 458 g/mol. The Morgan fingerprint density at radius 2 is 1.04 bits per heavy atom. The van der Waals surface area contributed by atoms with Crippen molar-refractivity contribution in [1.82, 2.24) is 9.97 Å². The van der Waals surface area contributed by atoms with Crippen LogP contribution in [0.1, 0.15) is 0 Å². The van der Waals surface area contributed by atoms with Crippen LogP contribution in [0.3, 0.4) is 0 Å². The molecule has 0 aliphatic rings. The zero-order chi connectivity index (χ0) is 20.0. The van der Waals surface area contributed by atoms with Crippen LogP contribution < -0.4 is 9.44 Å². The molecule has 8 nitrogen and oxygen atoms in total. The molecule has 0 unspecified atom stereocenters. The summed E-state index contributed by atoms with van der Waals surface area (Å²) in [5, 5.41) is 0.821. The average Bonchev–Trinajstić information content (AvgIpc) is 3.04. The molecule has 0 aliphatic carbocycles. The molecule has 0 fully saturated rings. The number of aromatic nitrogens is 2. The summed E-state index contributed by atoms with van der Waals surface area (Å²) in [6.45, 7) is 0. The molecule has 0 saturated carbocycles. The fraction of sp³-hybridized carbons (Fsp3) is 0.250. The Hall–Kier alpha value is -1.66. The van der Waals surface area contributed by atoms with Gasteiger partial charge >= 0.3 is 31.1 Å². The van der Waals surface area contributed by atoms with Crippen molar-refractivity contribution in [2.75, 3.05) is 9.44 Å². The van der Waals surface area contributed by atoms with Gasteiger partial charge in [-0.05, 0) is 0 Å². The highest BCUT2D eigenvalue weighted by molar-refractivity contribution is 7.94. The standard InChI is InChI=1S/C8H4F6N4O4S4/c9-7(10,11)25(19,20)17-5-15-3(1-23-5)4-2-24-6(16-4)18-26(21,22)8(12,13)14/h1-2H,(H,15,17)(H,16,18). The third kappa shape index (κ3) is 4.35. The quantitative estimate of drug-likeness (QED) is 0.660. The van der Waals surface area contributed by atoms with E-state index in [0.29, 0.717) is 22.7 Å². The normalized spacial score (nSPS) is 13.6. The van der Waals surface area contributed by atoms with E-state index in [1.807, 2.05) is 0 Å². The number of halogens is 6. The summed E-state index contributed by atoms with van der Waals surface area (Å²) in [5.41, 5.74) is -11.5. The number of hydrogen-bond acceptors (Lipinski definition) is 8. The van der Waals surface area contributed by atoms with E-state index in [2.05, 4.69) is 9.97 Å². The number of anilines is 2. The first-order valence-electron chi connectivity index (χ1n) is 5.72. The third-order valence-electron chi connectivity index (χ3n) is 2.32. The number of rotatable bonds is 5. The lowest BCUT2D eigenvalue weighted by Crippen LogP contribution is -2.29. The smallest absolute Gasteiger partial charge is 0.251 e. The predicted octanol–water partition coefficient (Wildman–Crippen LogP) is 2.79. The summed E-state index contributed by atoms with van der Waals surface area (Å²) in [4.78, 5) is 7.02. The zero-order valence-electron chi connectivity index (χ0n) is 11.6. The molecule has 0 radical (unpaired) electrons. The number of sulfonamides is 2. The summed E-state index contributed by atoms with van der Waals surface area (Å²) in [6, 6.07) is 0. The van der Waals surface area contributed by atoms with Crippen LogP contribution in [-0.4, -0.2) is 37.8 Å². The van der Waals surface area contributed by atoms with E-state index in [9.17, 15) is 43.2 Å². The minimum absolute atomic E-state index is 0.177. The van der Waals surface area contributed by atoms with Crippen molar-refractivity contribution in [2.45, 2.75) is 11.0 Å². The van der Waals surface area contributed by atoms with Gasteiger partial charge in [-0.2, -0.15) is 43.2 Å². The molecule has 0 spiro atoms. The highest BCUT2D eigenvalue weighted by Gasteiger charge is 2.47. The highest BCUT2D eigenvalue weighted by Crippen LogP contribution is 2.32. The van der Waals surface area contributed by atoms with Gasteiger partial charge < -0.3 is 0 Å². The molecular formula is C8H4F6N4O4S4. The maximum Gasteiger partial charge on any atom is 0.516 e. The van der Waals surface area contributed by atoms with Crippen molar-refractivity contribution >= 4 is 53.0 Å². The molecule has 146 valence electrons. The molecule has 0 amide bonds. The monoisotopic (exact) mass is 462 g/mol.